The van der Waals surface area contributed by atoms with Crippen molar-refractivity contribution in [1.29, 1.82) is 5.26 Å². The molecule has 0 aliphatic heterocycles. The monoisotopic (exact) mass is 368 g/mol. The van der Waals surface area contributed by atoms with Crippen LogP contribution in [-0.4, -0.2) is 36.9 Å². The van der Waals surface area contributed by atoms with E-state index in [-0.39, 0.29) is 17.6 Å². The Labute approximate surface area is 156 Å². The summed E-state index contributed by atoms with van der Waals surface area (Å²) in [6.45, 7) is 6.10. The van der Waals surface area contributed by atoms with E-state index in [4.69, 9.17) is 0 Å². The maximum Gasteiger partial charge on any atom is 0.231 e. The van der Waals surface area contributed by atoms with Crippen molar-refractivity contribution in [3.63, 3.8) is 0 Å². The molecule has 1 aliphatic carbocycles. The molecule has 2 heterocycles. The summed E-state index contributed by atoms with van der Waals surface area (Å²) in [7, 11) is 0. The summed E-state index contributed by atoms with van der Waals surface area (Å²) in [6.07, 6.45) is 7.13. The first-order valence-electron chi connectivity index (χ1n) is 8.37. The van der Waals surface area contributed by atoms with Crippen LogP contribution in [0.15, 0.2) is 42.3 Å². The third kappa shape index (κ3) is 3.94. The second kappa shape index (κ2) is 7.70. The van der Waals surface area contributed by atoms with Crippen LogP contribution >= 0.6 is 11.8 Å². The normalized spacial score (nSPS) is 15.7. The molecular weight excluding hydrogens is 348 g/mol. The second-order valence-corrected chi connectivity index (χ2v) is 7.31. The Balaban J connectivity index is 1.70. The number of thioether (sulfide) groups is 1. The average molecular weight is 368 g/mol. The lowest BCUT2D eigenvalue weighted by Gasteiger charge is -2.22. The summed E-state index contributed by atoms with van der Waals surface area (Å²) in [6, 6.07) is 5.95. The van der Waals surface area contributed by atoms with Gasteiger partial charge in [0.05, 0.1) is 11.8 Å². The van der Waals surface area contributed by atoms with Crippen molar-refractivity contribution >= 4 is 17.7 Å². The number of amides is 1. The molecule has 0 saturated heterocycles. The predicted molar refractivity (Wildman–Crippen MR) is 99.1 cm³/mol. The zero-order chi connectivity index (χ0) is 18.6. The topological polar surface area (TPSA) is 96.5 Å². The molecule has 0 aromatic carbocycles. The summed E-state index contributed by atoms with van der Waals surface area (Å²) < 4.78 is 1.91. The van der Waals surface area contributed by atoms with Gasteiger partial charge in [0.15, 0.2) is 11.0 Å². The van der Waals surface area contributed by atoms with Crippen molar-refractivity contribution in [2.45, 2.75) is 37.0 Å². The van der Waals surface area contributed by atoms with Gasteiger partial charge in [0.2, 0.25) is 5.91 Å². The van der Waals surface area contributed by atoms with Crippen LogP contribution in [0.1, 0.15) is 19.8 Å². The summed E-state index contributed by atoms with van der Waals surface area (Å²) in [5.74, 6) is 0.957. The number of carbonyl (C=O) groups excluding carboxylic acids is 1. The standard InChI is InChI=1S/C18H20N6OS/c1-3-10-24-16(13-6-8-20-9-7-13)22-23-17(24)26-11-15(25)21-18(2,12-19)14-4-5-14/h3,6-9,14H,1,4-5,10-11H2,2H3,(H,21,25)/t18-/m1/s1. The van der Waals surface area contributed by atoms with Gasteiger partial charge in [-0.05, 0) is 37.8 Å². The predicted octanol–water partition coefficient (Wildman–Crippen LogP) is 2.43. The van der Waals surface area contributed by atoms with Crippen molar-refractivity contribution < 1.29 is 4.79 Å². The smallest absolute Gasteiger partial charge is 0.231 e. The largest absolute Gasteiger partial charge is 0.337 e. The Kier molecular flexibility index (Phi) is 5.38. The van der Waals surface area contributed by atoms with E-state index >= 15 is 0 Å². The molecular formula is C18H20N6OS. The van der Waals surface area contributed by atoms with E-state index in [2.05, 4.69) is 33.1 Å². The molecule has 0 spiro atoms. The van der Waals surface area contributed by atoms with E-state index in [1.54, 1.807) is 25.4 Å². The van der Waals surface area contributed by atoms with Gasteiger partial charge in [0.25, 0.3) is 0 Å². The van der Waals surface area contributed by atoms with Gasteiger partial charge in [-0.25, -0.2) is 0 Å². The van der Waals surface area contributed by atoms with Crippen molar-refractivity contribution in [3.05, 3.63) is 37.2 Å². The van der Waals surface area contributed by atoms with Gasteiger partial charge < -0.3 is 5.32 Å². The molecule has 1 N–H and O–H groups in total. The molecule has 2 aromatic heterocycles. The van der Waals surface area contributed by atoms with Gasteiger partial charge >= 0.3 is 0 Å². The van der Waals surface area contributed by atoms with Crippen molar-refractivity contribution in [2.24, 2.45) is 5.92 Å². The van der Waals surface area contributed by atoms with Crippen LogP contribution in [0.4, 0.5) is 0 Å². The third-order valence-electron chi connectivity index (χ3n) is 4.32. The highest BCUT2D eigenvalue weighted by Crippen LogP contribution is 2.39. The molecule has 0 radical (unpaired) electrons. The molecule has 1 saturated carbocycles. The van der Waals surface area contributed by atoms with Gasteiger partial charge in [-0.15, -0.1) is 16.8 Å². The first-order chi connectivity index (χ1) is 12.6. The number of carbonyl (C=O) groups is 1. The van der Waals surface area contributed by atoms with Gasteiger partial charge in [-0.3, -0.25) is 14.3 Å². The van der Waals surface area contributed by atoms with Gasteiger partial charge in [0.1, 0.15) is 5.54 Å². The van der Waals surface area contributed by atoms with Gasteiger partial charge in [-0.1, -0.05) is 17.8 Å². The molecule has 134 valence electrons. The van der Waals surface area contributed by atoms with E-state index in [1.807, 2.05) is 16.7 Å². The fourth-order valence-electron chi connectivity index (χ4n) is 2.74. The van der Waals surface area contributed by atoms with E-state index in [1.165, 1.54) is 11.8 Å². The van der Waals surface area contributed by atoms with Crippen LogP contribution < -0.4 is 5.32 Å². The maximum atomic E-state index is 12.3. The highest BCUT2D eigenvalue weighted by Gasteiger charge is 2.42. The number of hydrogen-bond donors (Lipinski definition) is 1. The number of allylic oxidation sites excluding steroid dienone is 1. The number of aromatic nitrogens is 4. The molecule has 1 amide bonds. The Morgan fingerprint density at radius 3 is 2.85 bits per heavy atom. The molecule has 2 aromatic rings. The molecule has 1 atom stereocenters. The van der Waals surface area contributed by atoms with Crippen LogP contribution in [-0.2, 0) is 11.3 Å². The van der Waals surface area contributed by atoms with E-state index in [0.717, 1.165) is 18.4 Å². The van der Waals surface area contributed by atoms with Crippen LogP contribution in [0, 0.1) is 17.2 Å². The second-order valence-electron chi connectivity index (χ2n) is 6.37. The van der Waals surface area contributed by atoms with Crippen molar-refractivity contribution in [2.75, 3.05) is 5.75 Å². The molecule has 3 rings (SSSR count). The Hall–Kier alpha value is -2.66. The van der Waals surface area contributed by atoms with Crippen LogP contribution in [0.25, 0.3) is 11.4 Å². The number of nitriles is 1. The molecule has 7 nitrogen and oxygen atoms in total. The Morgan fingerprint density at radius 1 is 1.50 bits per heavy atom. The minimum absolute atomic E-state index is 0.176. The Bertz CT molecular complexity index is 839. The number of nitrogens with one attached hydrogen (secondary N) is 1. The van der Waals surface area contributed by atoms with Gasteiger partial charge in [-0.2, -0.15) is 5.26 Å². The average Bonchev–Trinajstić information content (AvgIpc) is 3.44. The third-order valence-corrected chi connectivity index (χ3v) is 5.29. The lowest BCUT2D eigenvalue weighted by Crippen LogP contribution is -2.47. The summed E-state index contributed by atoms with van der Waals surface area (Å²) >= 11 is 1.30. The summed E-state index contributed by atoms with van der Waals surface area (Å²) in [5, 5.41) is 21.3. The zero-order valence-corrected chi connectivity index (χ0v) is 15.4. The molecule has 0 bridgehead atoms. The fraction of sp³-hybridized carbons (Fsp3) is 0.389. The van der Waals surface area contributed by atoms with Crippen LogP contribution in [0.3, 0.4) is 0 Å². The Morgan fingerprint density at radius 2 is 2.23 bits per heavy atom. The summed E-state index contributed by atoms with van der Waals surface area (Å²) in [4.78, 5) is 16.3. The number of hydrogen-bond acceptors (Lipinski definition) is 6. The van der Waals surface area contributed by atoms with E-state index < -0.39 is 5.54 Å². The molecule has 0 unspecified atom stereocenters. The lowest BCUT2D eigenvalue weighted by molar-refractivity contribution is -0.119. The minimum atomic E-state index is -0.783. The number of nitrogens with zero attached hydrogens (tertiary/aromatic N) is 5. The zero-order valence-electron chi connectivity index (χ0n) is 14.6. The van der Waals surface area contributed by atoms with Crippen molar-refractivity contribution in [1.82, 2.24) is 25.1 Å². The highest BCUT2D eigenvalue weighted by atomic mass is 32.2. The highest BCUT2D eigenvalue weighted by molar-refractivity contribution is 7.99. The number of rotatable bonds is 8. The quantitative estimate of drug-likeness (QED) is 0.568. The van der Waals surface area contributed by atoms with Crippen LogP contribution in [0.5, 0.6) is 0 Å². The molecule has 8 heteroatoms. The van der Waals surface area contributed by atoms with Crippen LogP contribution in [0.2, 0.25) is 0 Å². The fourth-order valence-corrected chi connectivity index (χ4v) is 3.49. The molecule has 26 heavy (non-hydrogen) atoms. The minimum Gasteiger partial charge on any atom is -0.337 e. The number of pyridine rings is 1. The van der Waals surface area contributed by atoms with Crippen molar-refractivity contribution in [3.8, 4) is 17.5 Å². The van der Waals surface area contributed by atoms with E-state index in [9.17, 15) is 10.1 Å². The summed E-state index contributed by atoms with van der Waals surface area (Å²) in [5.41, 5.74) is 0.116. The molecule has 1 fully saturated rings. The first kappa shape index (κ1) is 18.1. The first-order valence-corrected chi connectivity index (χ1v) is 9.35. The molecule has 1 aliphatic rings. The lowest BCUT2D eigenvalue weighted by atomic mass is 9.98. The van der Waals surface area contributed by atoms with E-state index in [0.29, 0.717) is 17.5 Å². The maximum absolute atomic E-state index is 12.3. The van der Waals surface area contributed by atoms with Gasteiger partial charge in [0, 0.05) is 24.5 Å². The SMILES string of the molecule is C=CCn1c(SCC(=O)N[C@](C)(C#N)C2CC2)nnc1-c1ccncc1.